The Balaban J connectivity index is 1.70. The van der Waals surface area contributed by atoms with Crippen molar-refractivity contribution in [3.8, 4) is 17.2 Å². The molecule has 0 atom stereocenters. The summed E-state index contributed by atoms with van der Waals surface area (Å²) in [5.74, 6) is 1.55. The first-order valence-electron chi connectivity index (χ1n) is 10.1. The number of fused-ring (bicyclic) bond motifs is 3. The van der Waals surface area contributed by atoms with Crippen LogP contribution in [0.25, 0.3) is 33.9 Å². The summed E-state index contributed by atoms with van der Waals surface area (Å²) in [5.41, 5.74) is 6.29. The van der Waals surface area contributed by atoms with Gasteiger partial charge in [-0.25, -0.2) is 19.5 Å². The summed E-state index contributed by atoms with van der Waals surface area (Å²) >= 11 is 0. The predicted molar refractivity (Wildman–Crippen MR) is 119 cm³/mol. The lowest BCUT2D eigenvalue weighted by Gasteiger charge is -2.18. The first-order chi connectivity index (χ1) is 14.3. The maximum Gasteiger partial charge on any atom is 0.182 e. The molecule has 0 bridgehead atoms. The fourth-order valence-electron chi connectivity index (χ4n) is 3.87. The molecule has 0 saturated heterocycles. The topological polar surface area (TPSA) is 60.9 Å². The molecule has 0 amide bonds. The second kappa shape index (κ2) is 6.49. The molecule has 5 aromatic rings. The van der Waals surface area contributed by atoms with Crippen molar-refractivity contribution in [2.75, 3.05) is 0 Å². The Bertz CT molecular complexity index is 1370. The van der Waals surface area contributed by atoms with Gasteiger partial charge in [-0.1, -0.05) is 51.1 Å². The molecule has 0 saturated carbocycles. The summed E-state index contributed by atoms with van der Waals surface area (Å²) < 4.78 is 3.85. The van der Waals surface area contributed by atoms with Gasteiger partial charge in [-0.15, -0.1) is 5.10 Å². The standard InChI is InChI=1S/C24H24N6/c1-15-16(2)30(19-8-6-7-13-25-19)22-20(15)23-27-21(28-29(23)14-26-22)17-9-11-18(12-10-17)24(3,4)5/h6-14H,1-5H3. The highest BCUT2D eigenvalue weighted by atomic mass is 15.3. The summed E-state index contributed by atoms with van der Waals surface area (Å²) in [6.07, 6.45) is 3.53. The Labute approximate surface area is 175 Å². The number of aromatic nitrogens is 6. The Hall–Kier alpha value is -3.54. The minimum atomic E-state index is 0.115. The smallest absolute Gasteiger partial charge is 0.182 e. The van der Waals surface area contributed by atoms with E-state index in [1.165, 1.54) is 5.56 Å². The van der Waals surface area contributed by atoms with Crippen molar-refractivity contribution in [3.05, 3.63) is 71.8 Å². The Morgan fingerprint density at radius 2 is 1.63 bits per heavy atom. The van der Waals surface area contributed by atoms with Crippen molar-refractivity contribution >= 4 is 16.7 Å². The van der Waals surface area contributed by atoms with Crippen molar-refractivity contribution in [2.45, 2.75) is 40.0 Å². The van der Waals surface area contributed by atoms with Crippen LogP contribution >= 0.6 is 0 Å². The molecule has 0 fully saturated rings. The molecular weight excluding hydrogens is 372 g/mol. The summed E-state index contributed by atoms with van der Waals surface area (Å²) in [7, 11) is 0. The van der Waals surface area contributed by atoms with Gasteiger partial charge in [0.25, 0.3) is 0 Å². The van der Waals surface area contributed by atoms with Gasteiger partial charge in [0.05, 0.1) is 5.39 Å². The monoisotopic (exact) mass is 396 g/mol. The molecule has 30 heavy (non-hydrogen) atoms. The summed E-state index contributed by atoms with van der Waals surface area (Å²) in [5, 5.41) is 5.70. The fraction of sp³-hybridized carbons (Fsp3) is 0.250. The summed E-state index contributed by atoms with van der Waals surface area (Å²) in [4.78, 5) is 14.1. The first kappa shape index (κ1) is 18.5. The zero-order chi connectivity index (χ0) is 21.0. The van der Waals surface area contributed by atoms with Crippen molar-refractivity contribution < 1.29 is 0 Å². The highest BCUT2D eigenvalue weighted by Crippen LogP contribution is 2.30. The van der Waals surface area contributed by atoms with Crippen molar-refractivity contribution in [3.63, 3.8) is 0 Å². The van der Waals surface area contributed by atoms with Crippen molar-refractivity contribution in [1.29, 1.82) is 0 Å². The lowest BCUT2D eigenvalue weighted by molar-refractivity contribution is 0.590. The number of hydrogen-bond acceptors (Lipinski definition) is 4. The van der Waals surface area contributed by atoms with Crippen LogP contribution in [0.4, 0.5) is 0 Å². The van der Waals surface area contributed by atoms with Crippen LogP contribution in [0.5, 0.6) is 0 Å². The maximum absolute atomic E-state index is 4.89. The molecule has 0 unspecified atom stereocenters. The van der Waals surface area contributed by atoms with Crippen LogP contribution in [0.15, 0.2) is 55.0 Å². The molecule has 0 aliphatic heterocycles. The van der Waals surface area contributed by atoms with Crippen LogP contribution in [0.1, 0.15) is 37.6 Å². The Morgan fingerprint density at radius 1 is 0.867 bits per heavy atom. The van der Waals surface area contributed by atoms with Gasteiger partial charge in [0.1, 0.15) is 12.1 Å². The fourth-order valence-corrected chi connectivity index (χ4v) is 3.87. The number of nitrogens with zero attached hydrogens (tertiary/aromatic N) is 6. The van der Waals surface area contributed by atoms with E-state index in [9.17, 15) is 0 Å². The molecule has 4 aromatic heterocycles. The molecule has 5 rings (SSSR count). The molecular formula is C24H24N6. The van der Waals surface area contributed by atoms with E-state index in [4.69, 9.17) is 15.1 Å². The van der Waals surface area contributed by atoms with E-state index in [0.29, 0.717) is 5.82 Å². The van der Waals surface area contributed by atoms with Crippen molar-refractivity contribution in [2.24, 2.45) is 0 Å². The summed E-state index contributed by atoms with van der Waals surface area (Å²) in [6.45, 7) is 10.8. The van der Waals surface area contributed by atoms with Crippen LogP contribution in [0, 0.1) is 13.8 Å². The zero-order valence-electron chi connectivity index (χ0n) is 17.9. The number of benzene rings is 1. The zero-order valence-corrected chi connectivity index (χ0v) is 17.9. The molecule has 150 valence electrons. The van der Waals surface area contributed by atoms with E-state index in [1.807, 2.05) is 18.2 Å². The van der Waals surface area contributed by atoms with E-state index in [2.05, 4.69) is 68.4 Å². The molecule has 6 nitrogen and oxygen atoms in total. The molecule has 0 spiro atoms. The Morgan fingerprint density at radius 3 is 2.30 bits per heavy atom. The Kier molecular flexibility index (Phi) is 4.00. The molecule has 0 aliphatic carbocycles. The third kappa shape index (κ3) is 2.79. The second-order valence-electron chi connectivity index (χ2n) is 8.71. The average molecular weight is 396 g/mol. The molecule has 0 N–H and O–H groups in total. The SMILES string of the molecule is Cc1c(C)n(-c2ccccn2)c2ncn3nc(-c4ccc(C(C)(C)C)cc4)nc3c12. The van der Waals surface area contributed by atoms with E-state index in [0.717, 1.165) is 39.3 Å². The highest BCUT2D eigenvalue weighted by Gasteiger charge is 2.20. The number of rotatable bonds is 2. The largest absolute Gasteiger partial charge is 0.282 e. The molecule has 0 aliphatic rings. The molecule has 0 radical (unpaired) electrons. The van der Waals surface area contributed by atoms with Gasteiger partial charge < -0.3 is 0 Å². The van der Waals surface area contributed by atoms with Crippen LogP contribution in [-0.4, -0.2) is 29.1 Å². The lowest BCUT2D eigenvalue weighted by Crippen LogP contribution is -2.10. The third-order valence-corrected chi connectivity index (χ3v) is 5.72. The highest BCUT2D eigenvalue weighted by molar-refractivity contribution is 5.95. The molecule has 4 heterocycles. The van der Waals surface area contributed by atoms with Gasteiger partial charge in [0, 0.05) is 17.5 Å². The lowest BCUT2D eigenvalue weighted by atomic mass is 9.87. The maximum atomic E-state index is 4.89. The predicted octanol–water partition coefficient (Wildman–Crippen LogP) is 5.04. The van der Waals surface area contributed by atoms with Crippen LogP contribution in [0.3, 0.4) is 0 Å². The van der Waals surface area contributed by atoms with Gasteiger partial charge in [0.15, 0.2) is 17.1 Å². The van der Waals surface area contributed by atoms with E-state index in [-0.39, 0.29) is 5.41 Å². The number of pyridine rings is 1. The van der Waals surface area contributed by atoms with Crippen LogP contribution in [-0.2, 0) is 5.41 Å². The summed E-state index contributed by atoms with van der Waals surface area (Å²) in [6, 6.07) is 14.4. The minimum absolute atomic E-state index is 0.115. The van der Waals surface area contributed by atoms with E-state index >= 15 is 0 Å². The van der Waals surface area contributed by atoms with E-state index in [1.54, 1.807) is 17.0 Å². The van der Waals surface area contributed by atoms with Crippen LogP contribution in [0.2, 0.25) is 0 Å². The number of hydrogen-bond donors (Lipinski definition) is 0. The third-order valence-electron chi connectivity index (χ3n) is 5.72. The average Bonchev–Trinajstić information content (AvgIpc) is 3.27. The van der Waals surface area contributed by atoms with Gasteiger partial charge in [0.2, 0.25) is 0 Å². The van der Waals surface area contributed by atoms with Crippen molar-refractivity contribution in [1.82, 2.24) is 29.1 Å². The second-order valence-corrected chi connectivity index (χ2v) is 8.71. The van der Waals surface area contributed by atoms with E-state index < -0.39 is 0 Å². The van der Waals surface area contributed by atoms with Crippen LogP contribution < -0.4 is 0 Å². The normalized spacial score (nSPS) is 12.2. The quantitative estimate of drug-likeness (QED) is 0.419. The van der Waals surface area contributed by atoms with Gasteiger partial charge in [-0.3, -0.25) is 4.57 Å². The molecule has 6 heteroatoms. The first-order valence-corrected chi connectivity index (χ1v) is 10.1. The van der Waals surface area contributed by atoms with Gasteiger partial charge in [-0.05, 0) is 42.5 Å². The van der Waals surface area contributed by atoms with Gasteiger partial charge >= 0.3 is 0 Å². The molecule has 1 aromatic carbocycles. The number of aryl methyl sites for hydroxylation is 1. The van der Waals surface area contributed by atoms with Gasteiger partial charge in [-0.2, -0.15) is 0 Å². The minimum Gasteiger partial charge on any atom is -0.282 e.